The lowest BCUT2D eigenvalue weighted by Gasteiger charge is -2.08. The highest BCUT2D eigenvalue weighted by Crippen LogP contribution is 1.97. The van der Waals surface area contributed by atoms with E-state index < -0.39 is 0 Å². The molecule has 0 rings (SSSR count). The Hall–Kier alpha value is -1.09. The molecular weight excluding hydrogens is 202 g/mol. The number of hydrogen-bond acceptors (Lipinski definition) is 3. The van der Waals surface area contributed by atoms with Gasteiger partial charge in [-0.2, -0.15) is 0 Å². The van der Waals surface area contributed by atoms with Gasteiger partial charge in [-0.1, -0.05) is 18.2 Å². The van der Waals surface area contributed by atoms with Crippen molar-refractivity contribution in [2.24, 2.45) is 0 Å². The zero-order valence-corrected chi connectivity index (χ0v) is 10.6. The maximum atomic E-state index is 11.1. The second-order valence-corrected chi connectivity index (χ2v) is 3.92. The molecule has 0 aliphatic rings. The average Bonchev–Trinajstić information content (AvgIpc) is 2.23. The predicted octanol–water partition coefficient (Wildman–Crippen LogP) is 2.39. The van der Waals surface area contributed by atoms with Gasteiger partial charge in [0.1, 0.15) is 0 Å². The van der Waals surface area contributed by atoms with Gasteiger partial charge in [0.05, 0.1) is 6.61 Å². The number of unbranched alkanes of at least 4 members (excludes halogenated alkanes) is 2. The van der Waals surface area contributed by atoms with Gasteiger partial charge >= 0.3 is 5.97 Å². The van der Waals surface area contributed by atoms with E-state index in [4.69, 9.17) is 4.74 Å². The monoisotopic (exact) mass is 225 g/mol. The van der Waals surface area contributed by atoms with Gasteiger partial charge in [0, 0.05) is 6.08 Å². The van der Waals surface area contributed by atoms with Gasteiger partial charge in [-0.05, 0) is 46.8 Å². The molecule has 0 N–H and O–H groups in total. The normalized spacial score (nSPS) is 11.8. The Bertz CT molecular complexity index is 232. The van der Waals surface area contributed by atoms with Crippen LogP contribution in [0.2, 0.25) is 0 Å². The standard InChI is InChI=1S/C13H23NO2/c1-4-5-7-10-13(15)16-12-9-6-8-11-14(2)3/h4-5,7,10H,6,8-9,11-12H2,1-3H3. The molecule has 0 aromatic carbocycles. The van der Waals surface area contributed by atoms with E-state index in [2.05, 4.69) is 19.0 Å². The first-order valence-corrected chi connectivity index (χ1v) is 5.77. The van der Waals surface area contributed by atoms with Gasteiger partial charge in [-0.25, -0.2) is 4.79 Å². The number of allylic oxidation sites excluding steroid dienone is 3. The molecular formula is C13H23NO2. The van der Waals surface area contributed by atoms with Crippen molar-refractivity contribution in [2.75, 3.05) is 27.2 Å². The van der Waals surface area contributed by atoms with Crippen molar-refractivity contribution < 1.29 is 9.53 Å². The molecule has 92 valence electrons. The summed E-state index contributed by atoms with van der Waals surface area (Å²) in [5, 5.41) is 0. The molecule has 16 heavy (non-hydrogen) atoms. The number of carbonyl (C=O) groups is 1. The Kier molecular flexibility index (Phi) is 9.72. The molecule has 0 saturated heterocycles. The molecule has 0 atom stereocenters. The predicted molar refractivity (Wildman–Crippen MR) is 67.3 cm³/mol. The molecule has 0 saturated carbocycles. The van der Waals surface area contributed by atoms with Gasteiger partial charge in [0.25, 0.3) is 0 Å². The highest BCUT2D eigenvalue weighted by atomic mass is 16.5. The summed E-state index contributed by atoms with van der Waals surface area (Å²) in [6, 6.07) is 0. The summed E-state index contributed by atoms with van der Waals surface area (Å²) >= 11 is 0. The molecule has 0 heterocycles. The van der Waals surface area contributed by atoms with Gasteiger partial charge in [-0.15, -0.1) is 0 Å². The van der Waals surface area contributed by atoms with Gasteiger partial charge in [0.15, 0.2) is 0 Å². The number of hydrogen-bond donors (Lipinski definition) is 0. The minimum Gasteiger partial charge on any atom is -0.463 e. The van der Waals surface area contributed by atoms with Gasteiger partial charge < -0.3 is 9.64 Å². The second-order valence-electron chi connectivity index (χ2n) is 3.92. The number of rotatable bonds is 8. The van der Waals surface area contributed by atoms with Crippen LogP contribution in [-0.2, 0) is 9.53 Å². The van der Waals surface area contributed by atoms with Crippen LogP contribution in [0.1, 0.15) is 26.2 Å². The SMILES string of the molecule is CC=CC=CC(=O)OCCCCCN(C)C. The van der Waals surface area contributed by atoms with Crippen LogP contribution < -0.4 is 0 Å². The number of ether oxygens (including phenoxy) is 1. The first-order valence-electron chi connectivity index (χ1n) is 5.77. The van der Waals surface area contributed by atoms with Crippen LogP contribution in [0.25, 0.3) is 0 Å². The third-order valence-electron chi connectivity index (χ3n) is 2.03. The van der Waals surface area contributed by atoms with Crippen molar-refractivity contribution >= 4 is 5.97 Å². The number of nitrogens with zero attached hydrogens (tertiary/aromatic N) is 1. The van der Waals surface area contributed by atoms with E-state index in [9.17, 15) is 4.79 Å². The van der Waals surface area contributed by atoms with E-state index in [-0.39, 0.29) is 5.97 Å². The Labute approximate surface area is 98.8 Å². The smallest absolute Gasteiger partial charge is 0.330 e. The summed E-state index contributed by atoms with van der Waals surface area (Å²) in [5.74, 6) is -0.259. The van der Waals surface area contributed by atoms with Crippen LogP contribution >= 0.6 is 0 Å². The first-order chi connectivity index (χ1) is 7.66. The Morgan fingerprint density at radius 2 is 1.94 bits per heavy atom. The lowest BCUT2D eigenvalue weighted by Crippen LogP contribution is -2.13. The molecule has 3 nitrogen and oxygen atoms in total. The summed E-state index contributed by atoms with van der Waals surface area (Å²) in [6.07, 6.45) is 10.00. The van der Waals surface area contributed by atoms with Gasteiger partial charge in [-0.3, -0.25) is 0 Å². The number of carbonyl (C=O) groups excluding carboxylic acids is 1. The van der Waals surface area contributed by atoms with E-state index in [1.807, 2.05) is 13.0 Å². The van der Waals surface area contributed by atoms with Crippen LogP contribution in [-0.4, -0.2) is 38.1 Å². The van der Waals surface area contributed by atoms with Gasteiger partial charge in [0.2, 0.25) is 0 Å². The average molecular weight is 225 g/mol. The summed E-state index contributed by atoms with van der Waals surface area (Å²) in [6.45, 7) is 3.52. The first kappa shape index (κ1) is 14.9. The van der Waals surface area contributed by atoms with Crippen molar-refractivity contribution in [3.05, 3.63) is 24.3 Å². The van der Waals surface area contributed by atoms with Crippen molar-refractivity contribution in [3.63, 3.8) is 0 Å². The molecule has 0 radical (unpaired) electrons. The zero-order valence-electron chi connectivity index (χ0n) is 10.6. The van der Waals surface area contributed by atoms with E-state index >= 15 is 0 Å². The topological polar surface area (TPSA) is 29.5 Å². The lowest BCUT2D eigenvalue weighted by atomic mass is 10.2. The molecule has 0 unspecified atom stereocenters. The minimum atomic E-state index is -0.259. The van der Waals surface area contributed by atoms with E-state index in [1.54, 1.807) is 12.2 Å². The minimum absolute atomic E-state index is 0.259. The van der Waals surface area contributed by atoms with Crippen LogP contribution in [0.4, 0.5) is 0 Å². The fraction of sp³-hybridized carbons (Fsp3) is 0.615. The molecule has 0 bridgehead atoms. The van der Waals surface area contributed by atoms with E-state index in [0.717, 1.165) is 25.8 Å². The maximum Gasteiger partial charge on any atom is 0.330 e. The molecule has 0 amide bonds. The second kappa shape index (κ2) is 10.4. The van der Waals surface area contributed by atoms with E-state index in [1.165, 1.54) is 6.08 Å². The molecule has 0 fully saturated rings. The summed E-state index contributed by atoms with van der Waals surface area (Å²) in [5.41, 5.74) is 0. The fourth-order valence-electron chi connectivity index (χ4n) is 1.17. The zero-order chi connectivity index (χ0) is 12.2. The Morgan fingerprint density at radius 3 is 2.56 bits per heavy atom. The van der Waals surface area contributed by atoms with Crippen molar-refractivity contribution in [1.29, 1.82) is 0 Å². The summed E-state index contributed by atoms with van der Waals surface area (Å²) in [4.78, 5) is 13.3. The molecule has 3 heteroatoms. The van der Waals surface area contributed by atoms with Crippen LogP contribution in [0.15, 0.2) is 24.3 Å². The molecule has 0 aromatic rings. The van der Waals surface area contributed by atoms with Crippen molar-refractivity contribution in [1.82, 2.24) is 4.90 Å². The highest BCUT2D eigenvalue weighted by molar-refractivity contribution is 5.82. The molecule has 0 aliphatic heterocycles. The van der Waals surface area contributed by atoms with Crippen LogP contribution in [0, 0.1) is 0 Å². The molecule has 0 aliphatic carbocycles. The summed E-state index contributed by atoms with van der Waals surface area (Å²) in [7, 11) is 4.12. The lowest BCUT2D eigenvalue weighted by molar-refractivity contribution is -0.137. The summed E-state index contributed by atoms with van der Waals surface area (Å²) < 4.78 is 5.02. The Balaban J connectivity index is 3.34. The third-order valence-corrected chi connectivity index (χ3v) is 2.03. The van der Waals surface area contributed by atoms with Crippen LogP contribution in [0.5, 0.6) is 0 Å². The Morgan fingerprint density at radius 1 is 1.19 bits per heavy atom. The molecule has 0 aromatic heterocycles. The van der Waals surface area contributed by atoms with Crippen molar-refractivity contribution in [2.45, 2.75) is 26.2 Å². The van der Waals surface area contributed by atoms with E-state index in [0.29, 0.717) is 6.61 Å². The fourth-order valence-corrected chi connectivity index (χ4v) is 1.17. The largest absolute Gasteiger partial charge is 0.463 e. The number of esters is 1. The molecule has 0 spiro atoms. The third kappa shape index (κ3) is 11.0. The highest BCUT2D eigenvalue weighted by Gasteiger charge is 1.96. The van der Waals surface area contributed by atoms with Crippen LogP contribution in [0.3, 0.4) is 0 Å². The van der Waals surface area contributed by atoms with Crippen molar-refractivity contribution in [3.8, 4) is 0 Å². The maximum absolute atomic E-state index is 11.1. The quantitative estimate of drug-likeness (QED) is 0.275.